The summed E-state index contributed by atoms with van der Waals surface area (Å²) in [6, 6.07) is 22.7. The molecule has 112 valence electrons. The van der Waals surface area contributed by atoms with Gasteiger partial charge in [0.15, 0.2) is 0 Å². The second-order valence-electron chi connectivity index (χ2n) is 6.22. The van der Waals surface area contributed by atoms with Gasteiger partial charge >= 0.3 is 0 Å². The van der Waals surface area contributed by atoms with Crippen molar-refractivity contribution >= 4 is 75.2 Å². The van der Waals surface area contributed by atoms with Crippen molar-refractivity contribution in [3.63, 3.8) is 0 Å². The predicted molar refractivity (Wildman–Crippen MR) is 110 cm³/mol. The largest absolute Gasteiger partial charge is 0.144 e. The van der Waals surface area contributed by atoms with Crippen molar-refractivity contribution in [3.8, 4) is 0 Å². The zero-order chi connectivity index (χ0) is 15.7. The Morgan fingerprint density at radius 2 is 1.00 bits per heavy atom. The van der Waals surface area contributed by atoms with Crippen LogP contribution in [-0.4, -0.2) is 0 Å². The van der Waals surface area contributed by atoms with Gasteiger partial charge in [0, 0.05) is 20.2 Å². The lowest BCUT2D eigenvalue weighted by Crippen LogP contribution is -1.81. The normalized spacial score (nSPS) is 12.2. The average Bonchev–Trinajstić information content (AvgIpc) is 3.29. The monoisotopic (exact) mass is 340 g/mol. The van der Waals surface area contributed by atoms with E-state index in [4.69, 9.17) is 0 Å². The van der Waals surface area contributed by atoms with Crippen LogP contribution in [0.25, 0.3) is 52.5 Å². The van der Waals surface area contributed by atoms with Gasteiger partial charge in [-0.25, -0.2) is 0 Å². The molecule has 0 atom stereocenters. The van der Waals surface area contributed by atoms with Gasteiger partial charge in [-0.15, -0.1) is 22.7 Å². The van der Waals surface area contributed by atoms with Crippen molar-refractivity contribution in [2.75, 3.05) is 0 Å². The van der Waals surface area contributed by atoms with Crippen molar-refractivity contribution in [2.24, 2.45) is 0 Å². The summed E-state index contributed by atoms with van der Waals surface area (Å²) < 4.78 is 2.76. The van der Waals surface area contributed by atoms with Gasteiger partial charge in [-0.3, -0.25) is 0 Å². The molecule has 0 amide bonds. The summed E-state index contributed by atoms with van der Waals surface area (Å²) in [5.74, 6) is 0. The number of rotatable bonds is 0. The fraction of sp³-hybridized carbons (Fsp3) is 0. The van der Waals surface area contributed by atoms with Gasteiger partial charge in [-0.2, -0.15) is 0 Å². The molecule has 4 aromatic carbocycles. The highest BCUT2D eigenvalue weighted by Gasteiger charge is 2.09. The van der Waals surface area contributed by atoms with E-state index in [9.17, 15) is 0 Å². The molecule has 0 bridgehead atoms. The van der Waals surface area contributed by atoms with Crippen LogP contribution < -0.4 is 0 Å². The van der Waals surface area contributed by atoms with E-state index in [1.54, 1.807) is 0 Å². The number of hydrogen-bond acceptors (Lipinski definition) is 2. The minimum Gasteiger partial charge on any atom is -0.144 e. The summed E-state index contributed by atoms with van der Waals surface area (Å²) >= 11 is 3.65. The zero-order valence-electron chi connectivity index (χ0n) is 12.7. The molecule has 0 spiro atoms. The van der Waals surface area contributed by atoms with Crippen LogP contribution in [0.2, 0.25) is 0 Å². The topological polar surface area (TPSA) is 0 Å². The first-order chi connectivity index (χ1) is 11.9. The van der Waals surface area contributed by atoms with Gasteiger partial charge in [0.25, 0.3) is 0 Å². The van der Waals surface area contributed by atoms with Crippen molar-refractivity contribution in [1.29, 1.82) is 0 Å². The molecular weight excluding hydrogens is 328 g/mol. The highest BCUT2D eigenvalue weighted by molar-refractivity contribution is 7.18. The molecule has 0 saturated heterocycles. The van der Waals surface area contributed by atoms with E-state index in [0.717, 1.165) is 0 Å². The molecule has 0 unspecified atom stereocenters. The molecule has 24 heavy (non-hydrogen) atoms. The Bertz CT molecular complexity index is 1290. The van der Waals surface area contributed by atoms with E-state index in [1.165, 1.54) is 52.5 Å². The molecule has 0 saturated carbocycles. The molecule has 0 aliphatic carbocycles. The van der Waals surface area contributed by atoms with Crippen LogP contribution in [0.4, 0.5) is 0 Å². The number of benzene rings is 4. The summed E-state index contributed by atoms with van der Waals surface area (Å²) in [6.45, 7) is 0. The van der Waals surface area contributed by atoms with Crippen LogP contribution in [0.5, 0.6) is 0 Å². The molecule has 0 aliphatic rings. The van der Waals surface area contributed by atoms with Crippen LogP contribution >= 0.6 is 22.7 Å². The molecule has 0 aliphatic heterocycles. The first-order valence-electron chi connectivity index (χ1n) is 8.02. The van der Waals surface area contributed by atoms with Crippen molar-refractivity contribution in [2.45, 2.75) is 0 Å². The molecule has 2 heterocycles. The standard InChI is InChI=1S/C22H12S2/c1-2-18-15-3-4-17-16(7-8-21-19(17)10-12-23-21)14(15)5-6-20(18)22-13(1)9-11-24-22/h1-12H. The first-order valence-corrected chi connectivity index (χ1v) is 9.78. The predicted octanol–water partition coefficient (Wildman–Crippen LogP) is 7.58. The summed E-state index contributed by atoms with van der Waals surface area (Å²) in [7, 11) is 0. The molecule has 6 aromatic rings. The molecule has 2 heteroatoms. The maximum absolute atomic E-state index is 2.30. The smallest absolute Gasteiger partial charge is 0.0421 e. The Morgan fingerprint density at radius 3 is 1.83 bits per heavy atom. The van der Waals surface area contributed by atoms with Gasteiger partial charge in [0.2, 0.25) is 0 Å². The number of thiophene rings is 2. The summed E-state index contributed by atoms with van der Waals surface area (Å²) in [4.78, 5) is 0. The summed E-state index contributed by atoms with van der Waals surface area (Å²) in [6.07, 6.45) is 0. The lowest BCUT2D eigenvalue weighted by molar-refractivity contribution is 1.86. The third-order valence-corrected chi connectivity index (χ3v) is 6.89. The lowest BCUT2D eigenvalue weighted by Gasteiger charge is -2.09. The maximum atomic E-state index is 2.30. The van der Waals surface area contributed by atoms with Gasteiger partial charge in [0.05, 0.1) is 0 Å². The molecular formula is C22H12S2. The van der Waals surface area contributed by atoms with E-state index < -0.39 is 0 Å². The van der Waals surface area contributed by atoms with Crippen LogP contribution in [-0.2, 0) is 0 Å². The highest BCUT2D eigenvalue weighted by atomic mass is 32.1. The zero-order valence-corrected chi connectivity index (χ0v) is 14.4. The van der Waals surface area contributed by atoms with Crippen LogP contribution in [0.15, 0.2) is 71.4 Å². The molecule has 0 nitrogen and oxygen atoms in total. The Morgan fingerprint density at radius 1 is 0.417 bits per heavy atom. The Balaban J connectivity index is 1.86. The fourth-order valence-electron chi connectivity index (χ4n) is 3.92. The molecule has 0 fully saturated rings. The van der Waals surface area contributed by atoms with Gasteiger partial charge in [-0.05, 0) is 61.3 Å². The SMILES string of the molecule is c1cc2c(ccc3c2ccc2c3ccc3c2ccc2ccsc23)s1. The van der Waals surface area contributed by atoms with Crippen LogP contribution in [0.1, 0.15) is 0 Å². The third-order valence-electron chi connectivity index (χ3n) is 5.04. The van der Waals surface area contributed by atoms with Gasteiger partial charge < -0.3 is 0 Å². The van der Waals surface area contributed by atoms with E-state index in [1.807, 2.05) is 22.7 Å². The molecule has 6 rings (SSSR count). The number of hydrogen-bond donors (Lipinski definition) is 0. The first kappa shape index (κ1) is 12.9. The fourth-order valence-corrected chi connectivity index (χ4v) is 5.65. The molecule has 2 aromatic heterocycles. The van der Waals surface area contributed by atoms with Crippen molar-refractivity contribution < 1.29 is 0 Å². The van der Waals surface area contributed by atoms with Crippen LogP contribution in [0.3, 0.4) is 0 Å². The summed E-state index contributed by atoms with van der Waals surface area (Å²) in [5.41, 5.74) is 0. The average molecular weight is 340 g/mol. The second kappa shape index (κ2) is 4.56. The van der Waals surface area contributed by atoms with E-state index in [2.05, 4.69) is 71.4 Å². The maximum Gasteiger partial charge on any atom is 0.0421 e. The van der Waals surface area contributed by atoms with E-state index >= 15 is 0 Å². The van der Waals surface area contributed by atoms with Gasteiger partial charge in [0.1, 0.15) is 0 Å². The van der Waals surface area contributed by atoms with Crippen molar-refractivity contribution in [1.82, 2.24) is 0 Å². The lowest BCUT2D eigenvalue weighted by atomic mass is 9.95. The summed E-state index contributed by atoms with van der Waals surface area (Å²) in [5, 5.41) is 15.2. The number of fused-ring (bicyclic) bond motifs is 9. The van der Waals surface area contributed by atoms with E-state index in [-0.39, 0.29) is 0 Å². The van der Waals surface area contributed by atoms with Gasteiger partial charge in [-0.1, -0.05) is 42.5 Å². The minimum absolute atomic E-state index is 1.34. The molecule has 0 N–H and O–H groups in total. The second-order valence-corrected chi connectivity index (χ2v) is 8.08. The Hall–Kier alpha value is -2.42. The minimum atomic E-state index is 1.34. The van der Waals surface area contributed by atoms with Crippen LogP contribution in [0, 0.1) is 0 Å². The Kier molecular flexibility index (Phi) is 2.46. The van der Waals surface area contributed by atoms with E-state index in [0.29, 0.717) is 0 Å². The van der Waals surface area contributed by atoms with Crippen molar-refractivity contribution in [3.05, 3.63) is 71.4 Å². The Labute approximate surface area is 146 Å². The highest BCUT2D eigenvalue weighted by Crippen LogP contribution is 2.38. The third kappa shape index (κ3) is 1.57. The quantitative estimate of drug-likeness (QED) is 0.250. The molecule has 0 radical (unpaired) electrons.